The first-order chi connectivity index (χ1) is 12.3. The molecule has 0 saturated heterocycles. The maximum Gasteiger partial charge on any atom is 0.343 e. The number of carbonyl (C=O) groups is 1. The summed E-state index contributed by atoms with van der Waals surface area (Å²) in [5, 5.41) is 0. The Bertz CT molecular complexity index is 980. The van der Waals surface area contributed by atoms with Crippen molar-refractivity contribution >= 4 is 5.97 Å². The number of aryl methyl sites for hydroxylation is 1. The highest BCUT2D eigenvalue weighted by atomic mass is 19.2. The second-order valence-corrected chi connectivity index (χ2v) is 5.63. The summed E-state index contributed by atoms with van der Waals surface area (Å²) in [6.45, 7) is 3.18. The number of halogens is 2. The molecule has 3 rings (SSSR count). The van der Waals surface area contributed by atoms with Crippen LogP contribution >= 0.6 is 0 Å². The van der Waals surface area contributed by atoms with E-state index in [1.165, 1.54) is 12.1 Å². The third-order valence-corrected chi connectivity index (χ3v) is 3.91. The third kappa shape index (κ3) is 2.94. The van der Waals surface area contributed by atoms with Crippen LogP contribution in [0.3, 0.4) is 0 Å². The second kappa shape index (κ2) is 6.62. The summed E-state index contributed by atoms with van der Waals surface area (Å²) in [5.41, 5.74) is 5.02. The molecule has 2 heterocycles. The number of carbonyl (C=O) groups excluding carboxylic acids is 1. The highest BCUT2D eigenvalue weighted by molar-refractivity contribution is 5.92. The molecule has 0 radical (unpaired) electrons. The first kappa shape index (κ1) is 17.7. The predicted molar refractivity (Wildman–Crippen MR) is 86.4 cm³/mol. The fourth-order valence-electron chi connectivity index (χ4n) is 2.85. The van der Waals surface area contributed by atoms with Crippen LogP contribution in [0.5, 0.6) is 5.75 Å². The van der Waals surface area contributed by atoms with Crippen LogP contribution < -0.4 is 16.1 Å². The molecule has 0 spiro atoms. The molecule has 2 N–H and O–H groups in total. The minimum atomic E-state index is -1.13. The van der Waals surface area contributed by atoms with Gasteiger partial charge in [0, 0.05) is 6.07 Å². The van der Waals surface area contributed by atoms with Gasteiger partial charge in [-0.1, -0.05) is 6.07 Å². The van der Waals surface area contributed by atoms with E-state index < -0.39 is 29.1 Å². The molecular formula is C18H15F2NO5. The van der Waals surface area contributed by atoms with Crippen LogP contribution in [0.2, 0.25) is 0 Å². The first-order valence-electron chi connectivity index (χ1n) is 7.77. The monoisotopic (exact) mass is 363 g/mol. The molecule has 1 atom stereocenters. The zero-order valence-electron chi connectivity index (χ0n) is 14.0. The lowest BCUT2D eigenvalue weighted by atomic mass is 9.83. The number of rotatable bonds is 3. The molecule has 6 nitrogen and oxygen atoms in total. The van der Waals surface area contributed by atoms with Crippen molar-refractivity contribution in [3.8, 4) is 5.75 Å². The van der Waals surface area contributed by atoms with Gasteiger partial charge in [-0.2, -0.15) is 0 Å². The molecule has 136 valence electrons. The Balaban J connectivity index is 2.29. The van der Waals surface area contributed by atoms with Crippen molar-refractivity contribution in [2.24, 2.45) is 5.73 Å². The van der Waals surface area contributed by atoms with E-state index in [4.69, 9.17) is 19.6 Å². The van der Waals surface area contributed by atoms with Gasteiger partial charge in [-0.25, -0.2) is 18.4 Å². The summed E-state index contributed by atoms with van der Waals surface area (Å²) < 4.78 is 42.6. The van der Waals surface area contributed by atoms with E-state index in [0.717, 1.165) is 12.1 Å². The van der Waals surface area contributed by atoms with Gasteiger partial charge in [0.1, 0.15) is 17.1 Å². The molecule has 0 aliphatic carbocycles. The van der Waals surface area contributed by atoms with Crippen molar-refractivity contribution in [2.75, 3.05) is 6.61 Å². The Morgan fingerprint density at radius 2 is 2.00 bits per heavy atom. The Hall–Kier alpha value is -3.16. The van der Waals surface area contributed by atoms with E-state index in [2.05, 4.69) is 0 Å². The fraction of sp³-hybridized carbons (Fsp3) is 0.222. The lowest BCUT2D eigenvalue weighted by molar-refractivity contribution is -0.139. The van der Waals surface area contributed by atoms with Gasteiger partial charge in [0.25, 0.3) is 0 Å². The van der Waals surface area contributed by atoms with Crippen LogP contribution in [-0.4, -0.2) is 12.6 Å². The normalized spacial score (nSPS) is 16.1. The van der Waals surface area contributed by atoms with Crippen molar-refractivity contribution in [1.29, 1.82) is 0 Å². The standard InChI is InChI=1S/C18H15F2NO5/c1-3-24-17(22)15-13(9-4-5-10(19)11(20)7-9)14-12(26-16(15)21)6-8(2)25-18(14)23/h4-7,13H,3,21H2,1-2H3. The Labute approximate surface area is 146 Å². The lowest BCUT2D eigenvalue weighted by Crippen LogP contribution is -2.31. The van der Waals surface area contributed by atoms with Crippen molar-refractivity contribution < 1.29 is 27.5 Å². The van der Waals surface area contributed by atoms with Crippen molar-refractivity contribution in [3.05, 3.63) is 74.7 Å². The lowest BCUT2D eigenvalue weighted by Gasteiger charge is -2.27. The molecule has 1 aliphatic heterocycles. The summed E-state index contributed by atoms with van der Waals surface area (Å²) >= 11 is 0. The molecular weight excluding hydrogens is 348 g/mol. The number of esters is 1. The number of ether oxygens (including phenoxy) is 2. The number of fused-ring (bicyclic) bond motifs is 1. The van der Waals surface area contributed by atoms with Gasteiger partial charge < -0.3 is 19.6 Å². The van der Waals surface area contributed by atoms with Crippen molar-refractivity contribution in [3.63, 3.8) is 0 Å². The van der Waals surface area contributed by atoms with Gasteiger partial charge in [0.2, 0.25) is 5.88 Å². The molecule has 26 heavy (non-hydrogen) atoms. The van der Waals surface area contributed by atoms with Crippen LogP contribution in [0.15, 0.2) is 44.9 Å². The Morgan fingerprint density at radius 1 is 1.27 bits per heavy atom. The summed E-state index contributed by atoms with van der Waals surface area (Å²) in [4.78, 5) is 24.8. The van der Waals surface area contributed by atoms with Crippen LogP contribution in [0.25, 0.3) is 0 Å². The molecule has 0 fully saturated rings. The van der Waals surface area contributed by atoms with E-state index in [1.54, 1.807) is 13.8 Å². The first-order valence-corrected chi connectivity index (χ1v) is 7.77. The highest BCUT2D eigenvalue weighted by Gasteiger charge is 2.38. The number of hydrogen-bond donors (Lipinski definition) is 1. The smallest absolute Gasteiger partial charge is 0.343 e. The zero-order valence-corrected chi connectivity index (χ0v) is 14.0. The van der Waals surface area contributed by atoms with E-state index in [0.29, 0.717) is 0 Å². The van der Waals surface area contributed by atoms with Gasteiger partial charge in [0.05, 0.1) is 18.1 Å². The summed E-state index contributed by atoms with van der Waals surface area (Å²) in [6, 6.07) is 4.47. The maximum absolute atomic E-state index is 13.8. The molecule has 0 saturated carbocycles. The topological polar surface area (TPSA) is 91.8 Å². The molecule has 1 aromatic carbocycles. The van der Waals surface area contributed by atoms with Gasteiger partial charge >= 0.3 is 11.6 Å². The Morgan fingerprint density at radius 3 is 2.65 bits per heavy atom. The van der Waals surface area contributed by atoms with Crippen LogP contribution in [-0.2, 0) is 9.53 Å². The molecule has 0 bridgehead atoms. The predicted octanol–water partition coefficient (Wildman–Crippen LogP) is 2.48. The molecule has 1 aliphatic rings. The van der Waals surface area contributed by atoms with E-state index in [-0.39, 0.29) is 40.7 Å². The second-order valence-electron chi connectivity index (χ2n) is 5.63. The molecule has 2 aromatic rings. The maximum atomic E-state index is 13.8. The van der Waals surface area contributed by atoms with Gasteiger partial charge in [0.15, 0.2) is 11.6 Å². The van der Waals surface area contributed by atoms with Crippen molar-refractivity contribution in [1.82, 2.24) is 0 Å². The third-order valence-electron chi connectivity index (χ3n) is 3.91. The van der Waals surface area contributed by atoms with Crippen molar-refractivity contribution in [2.45, 2.75) is 19.8 Å². The van der Waals surface area contributed by atoms with Gasteiger partial charge in [-0.15, -0.1) is 0 Å². The van der Waals surface area contributed by atoms with Crippen LogP contribution in [0.1, 0.15) is 29.7 Å². The minimum absolute atomic E-state index is 0.0427. The van der Waals surface area contributed by atoms with E-state index >= 15 is 0 Å². The quantitative estimate of drug-likeness (QED) is 0.843. The number of hydrogen-bond acceptors (Lipinski definition) is 6. The molecule has 1 aromatic heterocycles. The van der Waals surface area contributed by atoms with Gasteiger partial charge in [-0.05, 0) is 31.5 Å². The summed E-state index contributed by atoms with van der Waals surface area (Å²) in [6.07, 6.45) is 0. The van der Waals surface area contributed by atoms with Crippen LogP contribution in [0.4, 0.5) is 8.78 Å². The van der Waals surface area contributed by atoms with E-state index in [1.807, 2.05) is 0 Å². The van der Waals surface area contributed by atoms with Crippen LogP contribution in [0, 0.1) is 18.6 Å². The summed E-state index contributed by atoms with van der Waals surface area (Å²) in [7, 11) is 0. The Kier molecular flexibility index (Phi) is 4.50. The SMILES string of the molecule is CCOC(=O)C1=C(N)Oc2cc(C)oc(=O)c2C1c1ccc(F)c(F)c1. The number of benzene rings is 1. The highest BCUT2D eigenvalue weighted by Crippen LogP contribution is 2.41. The zero-order chi connectivity index (χ0) is 19.0. The summed E-state index contributed by atoms with van der Waals surface area (Å²) in [5.74, 6) is -4.07. The largest absolute Gasteiger partial charge is 0.462 e. The average molecular weight is 363 g/mol. The number of nitrogens with two attached hydrogens (primary N) is 1. The molecule has 1 unspecified atom stereocenters. The minimum Gasteiger partial charge on any atom is -0.462 e. The average Bonchev–Trinajstić information content (AvgIpc) is 2.56. The fourth-order valence-corrected chi connectivity index (χ4v) is 2.85. The molecule has 8 heteroatoms. The van der Waals surface area contributed by atoms with Gasteiger partial charge in [-0.3, -0.25) is 0 Å². The van der Waals surface area contributed by atoms with E-state index in [9.17, 15) is 18.4 Å². The molecule has 0 amide bonds.